The number of hydrogen-bond acceptors (Lipinski definition) is 3. The van der Waals surface area contributed by atoms with E-state index in [0.29, 0.717) is 17.5 Å². The topological polar surface area (TPSA) is 31.4 Å². The van der Waals surface area contributed by atoms with Crippen LogP contribution in [0.1, 0.15) is 12.1 Å². The van der Waals surface area contributed by atoms with Crippen molar-refractivity contribution in [2.75, 3.05) is 19.8 Å². The third-order valence-electron chi connectivity index (χ3n) is 2.41. The van der Waals surface area contributed by atoms with Gasteiger partial charge in [0, 0.05) is 23.7 Å². The van der Waals surface area contributed by atoms with Crippen LogP contribution >= 0.6 is 11.6 Å². The molecule has 15 heavy (non-hydrogen) atoms. The molecular weight excluding hydrogens is 214 g/mol. The molecule has 2 heterocycles. The Morgan fingerprint density at radius 3 is 3.27 bits per heavy atom. The van der Waals surface area contributed by atoms with Crippen molar-refractivity contribution in [2.45, 2.75) is 13.0 Å². The molecule has 1 atom stereocenters. The average molecular weight is 228 g/mol. The summed E-state index contributed by atoms with van der Waals surface area (Å²) >= 11 is 5.84. The van der Waals surface area contributed by atoms with Gasteiger partial charge in [0.1, 0.15) is 0 Å². The molecule has 1 unspecified atom stereocenters. The summed E-state index contributed by atoms with van der Waals surface area (Å²) in [6.07, 6.45) is 2.79. The summed E-state index contributed by atoms with van der Waals surface area (Å²) in [5.41, 5.74) is 0.876. The first-order valence-electron chi connectivity index (χ1n) is 5.10. The van der Waals surface area contributed by atoms with Gasteiger partial charge in [0.05, 0.1) is 25.5 Å². The van der Waals surface area contributed by atoms with Crippen molar-refractivity contribution in [2.24, 2.45) is 5.92 Å². The molecule has 0 aromatic carbocycles. The van der Waals surface area contributed by atoms with E-state index in [1.165, 1.54) is 0 Å². The zero-order valence-corrected chi connectivity index (χ0v) is 9.24. The third-order valence-corrected chi connectivity index (χ3v) is 2.64. The maximum absolute atomic E-state index is 5.84. The lowest BCUT2D eigenvalue weighted by atomic mass is 10.1. The number of hydrogen-bond donors (Lipinski definition) is 0. The molecule has 2 rings (SSSR count). The van der Waals surface area contributed by atoms with Crippen molar-refractivity contribution in [3.05, 3.63) is 29.0 Å². The summed E-state index contributed by atoms with van der Waals surface area (Å²) in [7, 11) is 0. The third kappa shape index (κ3) is 3.45. The van der Waals surface area contributed by atoms with Gasteiger partial charge in [-0.1, -0.05) is 11.6 Å². The Labute approximate surface area is 94.4 Å². The highest BCUT2D eigenvalue weighted by atomic mass is 35.5. The van der Waals surface area contributed by atoms with E-state index in [1.807, 2.05) is 6.07 Å². The lowest BCUT2D eigenvalue weighted by molar-refractivity contribution is 0.0773. The molecule has 0 saturated carbocycles. The van der Waals surface area contributed by atoms with Gasteiger partial charge in [0.25, 0.3) is 0 Å². The van der Waals surface area contributed by atoms with Gasteiger partial charge in [0.2, 0.25) is 0 Å². The molecule has 1 aromatic rings. The molecular formula is C11H14ClNO2. The number of pyridine rings is 1. The molecule has 3 nitrogen and oxygen atoms in total. The van der Waals surface area contributed by atoms with Crippen molar-refractivity contribution < 1.29 is 9.47 Å². The Morgan fingerprint density at radius 2 is 2.53 bits per heavy atom. The minimum absolute atomic E-state index is 0.525. The molecule has 1 aromatic heterocycles. The summed E-state index contributed by atoms with van der Waals surface area (Å²) in [6.45, 7) is 2.96. The zero-order chi connectivity index (χ0) is 10.5. The predicted molar refractivity (Wildman–Crippen MR) is 57.8 cm³/mol. The minimum Gasteiger partial charge on any atom is -0.381 e. The van der Waals surface area contributed by atoms with E-state index in [1.54, 1.807) is 12.3 Å². The highest BCUT2D eigenvalue weighted by Crippen LogP contribution is 2.14. The van der Waals surface area contributed by atoms with E-state index < -0.39 is 0 Å². The number of aromatic nitrogens is 1. The second-order valence-electron chi connectivity index (χ2n) is 3.71. The normalized spacial score (nSPS) is 20.7. The van der Waals surface area contributed by atoms with Gasteiger partial charge in [0.15, 0.2) is 0 Å². The quantitative estimate of drug-likeness (QED) is 0.791. The van der Waals surface area contributed by atoms with Crippen LogP contribution in [0, 0.1) is 5.92 Å². The summed E-state index contributed by atoms with van der Waals surface area (Å²) < 4.78 is 10.8. The largest absolute Gasteiger partial charge is 0.381 e. The van der Waals surface area contributed by atoms with E-state index in [4.69, 9.17) is 21.1 Å². The number of halogens is 1. The molecule has 1 saturated heterocycles. The molecule has 0 N–H and O–H groups in total. The van der Waals surface area contributed by atoms with E-state index in [2.05, 4.69) is 4.98 Å². The molecule has 0 spiro atoms. The molecule has 1 aliphatic rings. The number of ether oxygens (including phenoxy) is 2. The number of nitrogens with zero attached hydrogens (tertiary/aromatic N) is 1. The van der Waals surface area contributed by atoms with Crippen LogP contribution in [0.15, 0.2) is 18.3 Å². The first-order valence-corrected chi connectivity index (χ1v) is 5.48. The summed E-state index contributed by atoms with van der Waals surface area (Å²) in [6, 6.07) is 3.59. The first kappa shape index (κ1) is 10.9. The minimum atomic E-state index is 0.525. The zero-order valence-electron chi connectivity index (χ0n) is 8.49. The van der Waals surface area contributed by atoms with Gasteiger partial charge >= 0.3 is 0 Å². The van der Waals surface area contributed by atoms with E-state index in [-0.39, 0.29) is 0 Å². The van der Waals surface area contributed by atoms with Crippen molar-refractivity contribution in [3.8, 4) is 0 Å². The maximum atomic E-state index is 5.84. The number of rotatable bonds is 4. The molecule has 0 bridgehead atoms. The Bertz CT molecular complexity index is 313. The van der Waals surface area contributed by atoms with Crippen molar-refractivity contribution in [1.29, 1.82) is 0 Å². The fraction of sp³-hybridized carbons (Fsp3) is 0.545. The fourth-order valence-corrected chi connectivity index (χ4v) is 1.75. The van der Waals surface area contributed by atoms with Gasteiger partial charge in [-0.2, -0.15) is 0 Å². The lowest BCUT2D eigenvalue weighted by Crippen LogP contribution is -2.09. The first-order chi connectivity index (χ1) is 7.34. The van der Waals surface area contributed by atoms with Gasteiger partial charge in [-0.05, 0) is 18.6 Å². The Kier molecular flexibility index (Phi) is 3.94. The van der Waals surface area contributed by atoms with Crippen molar-refractivity contribution in [3.63, 3.8) is 0 Å². The smallest absolute Gasteiger partial charge is 0.0888 e. The molecule has 0 amide bonds. The second kappa shape index (κ2) is 5.45. The molecule has 82 valence electrons. The molecule has 1 fully saturated rings. The summed E-state index contributed by atoms with van der Waals surface area (Å²) in [5.74, 6) is 0.546. The average Bonchev–Trinajstić information content (AvgIpc) is 2.71. The molecule has 0 radical (unpaired) electrons. The van der Waals surface area contributed by atoms with Crippen LogP contribution in [-0.2, 0) is 16.1 Å². The van der Waals surface area contributed by atoms with Crippen LogP contribution in [0.4, 0.5) is 0 Å². The van der Waals surface area contributed by atoms with Gasteiger partial charge < -0.3 is 9.47 Å². The molecule has 1 aliphatic heterocycles. The molecule has 4 heteroatoms. The maximum Gasteiger partial charge on any atom is 0.0888 e. The van der Waals surface area contributed by atoms with E-state index in [9.17, 15) is 0 Å². The van der Waals surface area contributed by atoms with Gasteiger partial charge in [-0.15, -0.1) is 0 Å². The highest BCUT2D eigenvalue weighted by molar-refractivity contribution is 6.30. The van der Waals surface area contributed by atoms with Gasteiger partial charge in [-0.3, -0.25) is 4.98 Å². The SMILES string of the molecule is Clc1ccnc(COCC2CCOC2)c1. The summed E-state index contributed by atoms with van der Waals surface area (Å²) in [4.78, 5) is 4.16. The Hall–Kier alpha value is -0.640. The standard InChI is InChI=1S/C11H14ClNO2/c12-10-1-3-13-11(5-10)8-15-7-9-2-4-14-6-9/h1,3,5,9H,2,4,6-8H2. The van der Waals surface area contributed by atoms with Crippen LogP contribution in [0.25, 0.3) is 0 Å². The van der Waals surface area contributed by atoms with Crippen LogP contribution in [0.3, 0.4) is 0 Å². The van der Waals surface area contributed by atoms with E-state index >= 15 is 0 Å². The monoisotopic (exact) mass is 227 g/mol. The van der Waals surface area contributed by atoms with Gasteiger partial charge in [-0.25, -0.2) is 0 Å². The van der Waals surface area contributed by atoms with Crippen LogP contribution in [0.2, 0.25) is 5.02 Å². The Morgan fingerprint density at radius 1 is 1.60 bits per heavy atom. The fourth-order valence-electron chi connectivity index (χ4n) is 1.57. The highest BCUT2D eigenvalue weighted by Gasteiger charge is 2.15. The van der Waals surface area contributed by atoms with E-state index in [0.717, 1.165) is 31.9 Å². The Balaban J connectivity index is 1.73. The molecule has 0 aliphatic carbocycles. The van der Waals surface area contributed by atoms with Crippen molar-refractivity contribution >= 4 is 11.6 Å². The predicted octanol–water partition coefficient (Wildman–Crippen LogP) is 2.29. The summed E-state index contributed by atoms with van der Waals surface area (Å²) in [5, 5.41) is 0.702. The van der Waals surface area contributed by atoms with Crippen LogP contribution < -0.4 is 0 Å². The van der Waals surface area contributed by atoms with Crippen LogP contribution in [-0.4, -0.2) is 24.8 Å². The van der Waals surface area contributed by atoms with Crippen LogP contribution in [0.5, 0.6) is 0 Å². The van der Waals surface area contributed by atoms with Crippen molar-refractivity contribution in [1.82, 2.24) is 4.98 Å². The lowest BCUT2D eigenvalue weighted by Gasteiger charge is -2.08. The second-order valence-corrected chi connectivity index (χ2v) is 4.15.